The van der Waals surface area contributed by atoms with E-state index in [1.165, 1.54) is 25.9 Å². The van der Waals surface area contributed by atoms with Crippen molar-refractivity contribution in [2.75, 3.05) is 46.4 Å². The number of hydrogen-bond donors (Lipinski definition) is 0. The van der Waals surface area contributed by atoms with Crippen LogP contribution >= 0.6 is 0 Å². The number of aromatic nitrogens is 2. The number of carbonyl (C=O) groups is 1. The summed E-state index contributed by atoms with van der Waals surface area (Å²) < 4.78 is 11.7. The van der Waals surface area contributed by atoms with E-state index < -0.39 is 0 Å². The van der Waals surface area contributed by atoms with E-state index >= 15 is 0 Å². The Kier molecular flexibility index (Phi) is 9.56. The quantitative estimate of drug-likeness (QED) is 0.430. The van der Waals surface area contributed by atoms with Crippen LogP contribution in [0.5, 0.6) is 11.5 Å². The van der Waals surface area contributed by atoms with Gasteiger partial charge in [0.05, 0.1) is 13.7 Å². The minimum atomic E-state index is 0.193. The smallest absolute Gasteiger partial charge is 0.219 e. The molecule has 196 valence electrons. The van der Waals surface area contributed by atoms with Crippen molar-refractivity contribution in [1.82, 2.24) is 19.8 Å². The van der Waals surface area contributed by atoms with Crippen LogP contribution in [-0.4, -0.2) is 72.1 Å². The van der Waals surface area contributed by atoms with Crippen LogP contribution in [0.25, 0.3) is 0 Å². The Balaban J connectivity index is 1.32. The Bertz CT molecular complexity index is 998. The molecule has 1 aromatic carbocycles. The first-order valence-electron chi connectivity index (χ1n) is 13.6. The standard InChI is InChI=1S/C29H42N4O3/c1-22-19-26(9-7-24-11-16-33(17-12-24)23(2)34)31-29(30-22)21-25-8-10-27(35-3)28(20-25)36-18-6-15-32-13-4-5-14-32/h8,10,19-20,24H,4-7,9,11-18,21H2,1-3H3. The zero-order chi connectivity index (χ0) is 25.3. The number of likely N-dealkylation sites (tertiary alicyclic amines) is 2. The molecule has 0 bridgehead atoms. The second kappa shape index (κ2) is 13.0. The number of methoxy groups -OCH3 is 1. The monoisotopic (exact) mass is 494 g/mol. The third kappa shape index (κ3) is 7.66. The largest absolute Gasteiger partial charge is 0.493 e. The molecule has 1 aromatic heterocycles. The topological polar surface area (TPSA) is 67.8 Å². The average Bonchev–Trinajstić information content (AvgIpc) is 3.39. The first-order valence-corrected chi connectivity index (χ1v) is 13.6. The predicted molar refractivity (Wildman–Crippen MR) is 142 cm³/mol. The van der Waals surface area contributed by atoms with Crippen LogP contribution in [0, 0.1) is 12.8 Å². The molecule has 0 radical (unpaired) electrons. The molecule has 1 amide bonds. The number of piperidine rings is 1. The third-order valence-electron chi connectivity index (χ3n) is 7.49. The lowest BCUT2D eigenvalue weighted by molar-refractivity contribution is -0.130. The van der Waals surface area contributed by atoms with E-state index in [2.05, 4.69) is 23.1 Å². The molecular weight excluding hydrogens is 452 g/mol. The van der Waals surface area contributed by atoms with Gasteiger partial charge in [-0.15, -0.1) is 0 Å². The lowest BCUT2D eigenvalue weighted by atomic mass is 9.91. The van der Waals surface area contributed by atoms with Gasteiger partial charge in [0.25, 0.3) is 0 Å². The molecule has 7 heteroatoms. The van der Waals surface area contributed by atoms with Crippen LogP contribution in [0.15, 0.2) is 24.3 Å². The van der Waals surface area contributed by atoms with Gasteiger partial charge < -0.3 is 19.3 Å². The number of hydrogen-bond acceptors (Lipinski definition) is 6. The van der Waals surface area contributed by atoms with E-state index in [1.807, 2.05) is 17.9 Å². The zero-order valence-corrected chi connectivity index (χ0v) is 22.3. The van der Waals surface area contributed by atoms with Crippen LogP contribution in [0.4, 0.5) is 0 Å². The highest BCUT2D eigenvalue weighted by atomic mass is 16.5. The van der Waals surface area contributed by atoms with Gasteiger partial charge in [-0.2, -0.15) is 0 Å². The number of carbonyl (C=O) groups excluding carboxylic acids is 1. The van der Waals surface area contributed by atoms with Crippen LogP contribution < -0.4 is 9.47 Å². The van der Waals surface area contributed by atoms with Gasteiger partial charge in [-0.1, -0.05) is 6.07 Å². The minimum Gasteiger partial charge on any atom is -0.493 e. The molecular formula is C29H42N4O3. The Morgan fingerprint density at radius 2 is 1.83 bits per heavy atom. The van der Waals surface area contributed by atoms with Gasteiger partial charge in [0.15, 0.2) is 11.5 Å². The Morgan fingerprint density at radius 3 is 2.56 bits per heavy atom. The third-order valence-corrected chi connectivity index (χ3v) is 7.49. The highest BCUT2D eigenvalue weighted by molar-refractivity contribution is 5.73. The molecule has 0 aliphatic carbocycles. The van der Waals surface area contributed by atoms with E-state index in [1.54, 1.807) is 14.0 Å². The summed E-state index contributed by atoms with van der Waals surface area (Å²) in [5.74, 6) is 3.26. The maximum absolute atomic E-state index is 11.6. The highest BCUT2D eigenvalue weighted by Crippen LogP contribution is 2.29. The average molecular weight is 495 g/mol. The zero-order valence-electron chi connectivity index (χ0n) is 22.3. The number of amides is 1. The van der Waals surface area contributed by atoms with Crippen molar-refractivity contribution in [3.8, 4) is 11.5 Å². The molecule has 0 unspecified atom stereocenters. The van der Waals surface area contributed by atoms with Gasteiger partial charge in [-0.3, -0.25) is 4.79 Å². The summed E-state index contributed by atoms with van der Waals surface area (Å²) in [6, 6.07) is 8.24. The van der Waals surface area contributed by atoms with Gasteiger partial charge in [0, 0.05) is 44.4 Å². The summed E-state index contributed by atoms with van der Waals surface area (Å²) in [6.45, 7) is 9.70. The van der Waals surface area contributed by atoms with E-state index in [0.29, 0.717) is 18.9 Å². The Hall–Kier alpha value is -2.67. The van der Waals surface area contributed by atoms with Crippen LogP contribution in [-0.2, 0) is 17.6 Å². The van der Waals surface area contributed by atoms with Gasteiger partial charge in [0.2, 0.25) is 5.91 Å². The highest BCUT2D eigenvalue weighted by Gasteiger charge is 2.21. The van der Waals surface area contributed by atoms with Gasteiger partial charge in [0.1, 0.15) is 5.82 Å². The van der Waals surface area contributed by atoms with Crippen molar-refractivity contribution < 1.29 is 14.3 Å². The summed E-state index contributed by atoms with van der Waals surface area (Å²) in [4.78, 5) is 25.7. The first-order chi connectivity index (χ1) is 17.5. The summed E-state index contributed by atoms with van der Waals surface area (Å²) in [5, 5.41) is 0. The molecule has 0 spiro atoms. The summed E-state index contributed by atoms with van der Waals surface area (Å²) >= 11 is 0. The molecule has 0 N–H and O–H groups in total. The lowest BCUT2D eigenvalue weighted by Crippen LogP contribution is -2.37. The van der Waals surface area contributed by atoms with Gasteiger partial charge in [-0.05, 0) is 94.6 Å². The maximum atomic E-state index is 11.6. The van der Waals surface area contributed by atoms with Gasteiger partial charge in [-0.25, -0.2) is 9.97 Å². The molecule has 0 atom stereocenters. The predicted octanol–water partition coefficient (Wildman–Crippen LogP) is 4.44. The van der Waals surface area contributed by atoms with Crippen molar-refractivity contribution in [2.24, 2.45) is 5.92 Å². The van der Waals surface area contributed by atoms with Crippen molar-refractivity contribution in [1.29, 1.82) is 0 Å². The van der Waals surface area contributed by atoms with E-state index in [9.17, 15) is 4.79 Å². The lowest BCUT2D eigenvalue weighted by Gasteiger charge is -2.31. The number of nitrogens with zero attached hydrogens (tertiary/aromatic N) is 4. The summed E-state index contributed by atoms with van der Waals surface area (Å²) in [7, 11) is 1.69. The fourth-order valence-corrected chi connectivity index (χ4v) is 5.40. The fraction of sp³-hybridized carbons (Fsp3) is 0.621. The number of aryl methyl sites for hydroxylation is 2. The maximum Gasteiger partial charge on any atom is 0.219 e. The van der Waals surface area contributed by atoms with E-state index in [0.717, 1.165) is 86.0 Å². The second-order valence-electron chi connectivity index (χ2n) is 10.3. The summed E-state index contributed by atoms with van der Waals surface area (Å²) in [6.07, 6.45) is 8.56. The molecule has 7 nitrogen and oxygen atoms in total. The summed E-state index contributed by atoms with van der Waals surface area (Å²) in [5.41, 5.74) is 3.24. The molecule has 0 saturated carbocycles. The molecule has 2 aliphatic rings. The van der Waals surface area contributed by atoms with Crippen molar-refractivity contribution in [2.45, 2.75) is 65.2 Å². The van der Waals surface area contributed by atoms with E-state index in [4.69, 9.17) is 19.4 Å². The first kappa shape index (κ1) is 26.4. The normalized spacial score (nSPS) is 16.9. The molecule has 2 aromatic rings. The number of ether oxygens (including phenoxy) is 2. The fourth-order valence-electron chi connectivity index (χ4n) is 5.40. The molecule has 4 rings (SSSR count). The Labute approximate surface area is 216 Å². The van der Waals surface area contributed by atoms with Crippen molar-refractivity contribution in [3.05, 3.63) is 47.0 Å². The number of rotatable bonds is 11. The van der Waals surface area contributed by atoms with Gasteiger partial charge >= 0.3 is 0 Å². The molecule has 3 heterocycles. The Morgan fingerprint density at radius 1 is 1.06 bits per heavy atom. The molecule has 2 fully saturated rings. The minimum absolute atomic E-state index is 0.193. The molecule has 36 heavy (non-hydrogen) atoms. The van der Waals surface area contributed by atoms with Crippen molar-refractivity contribution in [3.63, 3.8) is 0 Å². The van der Waals surface area contributed by atoms with Crippen LogP contribution in [0.1, 0.15) is 68.2 Å². The molecule has 2 aliphatic heterocycles. The number of benzene rings is 1. The SMILES string of the molecule is COc1ccc(Cc2nc(C)cc(CCC3CCN(C(C)=O)CC3)n2)cc1OCCCN1CCCC1. The van der Waals surface area contributed by atoms with Crippen LogP contribution in [0.2, 0.25) is 0 Å². The van der Waals surface area contributed by atoms with E-state index in [-0.39, 0.29) is 5.91 Å². The van der Waals surface area contributed by atoms with Crippen molar-refractivity contribution >= 4 is 5.91 Å². The second-order valence-corrected chi connectivity index (χ2v) is 10.3. The van der Waals surface area contributed by atoms with Crippen LogP contribution in [0.3, 0.4) is 0 Å². The molecule has 2 saturated heterocycles.